The van der Waals surface area contributed by atoms with Crippen molar-refractivity contribution in [2.24, 2.45) is 0 Å². The van der Waals surface area contributed by atoms with Gasteiger partial charge in [-0.25, -0.2) is 0 Å². The molecule has 0 saturated heterocycles. The molecule has 0 bridgehead atoms. The second kappa shape index (κ2) is 6.58. The third-order valence-corrected chi connectivity index (χ3v) is 3.34. The second-order valence-electron chi connectivity index (χ2n) is 4.80. The lowest BCUT2D eigenvalue weighted by Crippen LogP contribution is -2.02. The molecule has 0 saturated carbocycles. The van der Waals surface area contributed by atoms with Gasteiger partial charge >= 0.3 is 0 Å². The molecule has 1 heteroatoms. The third-order valence-electron chi connectivity index (χ3n) is 3.34. The Labute approximate surface area is 125 Å². The van der Waals surface area contributed by atoms with Crippen molar-refractivity contribution in [3.8, 4) is 0 Å². The highest BCUT2D eigenvalue weighted by molar-refractivity contribution is 5.66. The molecule has 0 spiro atoms. The Bertz CT molecular complexity index is 681. The fourth-order valence-electron chi connectivity index (χ4n) is 2.26. The quantitative estimate of drug-likeness (QED) is 0.782. The summed E-state index contributed by atoms with van der Waals surface area (Å²) >= 11 is 0. The molecule has 0 atom stereocenters. The Hall–Kier alpha value is -2.80. The van der Waals surface area contributed by atoms with E-state index in [1.807, 2.05) is 42.6 Å². The zero-order valence-corrected chi connectivity index (χ0v) is 11.7. The summed E-state index contributed by atoms with van der Waals surface area (Å²) in [5, 5.41) is 3.22. The maximum atomic E-state index is 3.22. The van der Waals surface area contributed by atoms with Crippen LogP contribution in [0.15, 0.2) is 108 Å². The van der Waals surface area contributed by atoms with E-state index >= 15 is 0 Å². The molecule has 0 aromatic heterocycles. The Kier molecular flexibility index (Phi) is 4.13. The molecular formula is C20H17N. The maximum absolute atomic E-state index is 3.22. The zero-order valence-electron chi connectivity index (χ0n) is 11.7. The van der Waals surface area contributed by atoms with E-state index in [9.17, 15) is 0 Å². The molecule has 2 aliphatic carbocycles. The van der Waals surface area contributed by atoms with Crippen LogP contribution in [0.3, 0.4) is 0 Å². The highest BCUT2D eigenvalue weighted by atomic mass is 14.8. The summed E-state index contributed by atoms with van der Waals surface area (Å²) in [5.41, 5.74) is 5.04. The molecule has 1 aromatic rings. The molecule has 1 heterocycles. The summed E-state index contributed by atoms with van der Waals surface area (Å²) < 4.78 is 0. The molecule has 1 nitrogen and oxygen atoms in total. The van der Waals surface area contributed by atoms with Crippen molar-refractivity contribution in [2.45, 2.75) is 0 Å². The van der Waals surface area contributed by atoms with Gasteiger partial charge in [0.1, 0.15) is 0 Å². The van der Waals surface area contributed by atoms with Gasteiger partial charge in [0.25, 0.3) is 0 Å². The molecule has 0 amide bonds. The van der Waals surface area contributed by atoms with Crippen molar-refractivity contribution in [3.63, 3.8) is 0 Å². The van der Waals surface area contributed by atoms with Crippen LogP contribution in [0.1, 0.15) is 5.56 Å². The minimum atomic E-state index is 1.13. The van der Waals surface area contributed by atoms with Gasteiger partial charge in [-0.05, 0) is 28.9 Å². The number of nitrogens with one attached hydrogen (secondary N) is 1. The van der Waals surface area contributed by atoms with E-state index in [1.165, 1.54) is 16.7 Å². The number of benzene rings is 1. The van der Waals surface area contributed by atoms with Crippen LogP contribution in [-0.2, 0) is 0 Å². The number of hydrogen-bond donors (Lipinski definition) is 1. The minimum Gasteiger partial charge on any atom is -0.361 e. The van der Waals surface area contributed by atoms with Crippen molar-refractivity contribution >= 4 is 5.70 Å². The summed E-state index contributed by atoms with van der Waals surface area (Å²) in [7, 11) is 0. The number of fused-ring (bicyclic) bond motifs is 1. The smallest absolute Gasteiger partial charge is 0.0453 e. The van der Waals surface area contributed by atoms with Gasteiger partial charge in [0.15, 0.2) is 0 Å². The Morgan fingerprint density at radius 3 is 2.05 bits per heavy atom. The van der Waals surface area contributed by atoms with E-state index in [-0.39, 0.29) is 0 Å². The average molecular weight is 271 g/mol. The van der Waals surface area contributed by atoms with E-state index in [1.54, 1.807) is 0 Å². The fourth-order valence-corrected chi connectivity index (χ4v) is 2.26. The lowest BCUT2D eigenvalue weighted by Gasteiger charge is -2.04. The molecule has 21 heavy (non-hydrogen) atoms. The number of hydrogen-bond acceptors (Lipinski definition) is 1. The first-order valence-electron chi connectivity index (χ1n) is 7.06. The molecule has 102 valence electrons. The van der Waals surface area contributed by atoms with Crippen LogP contribution in [0.5, 0.6) is 0 Å². The molecule has 0 unspecified atom stereocenters. The second-order valence-corrected chi connectivity index (χ2v) is 4.80. The molecule has 0 radical (unpaired) electrons. The Morgan fingerprint density at radius 1 is 0.619 bits per heavy atom. The lowest BCUT2D eigenvalue weighted by molar-refractivity contribution is 1.22. The minimum absolute atomic E-state index is 1.13. The van der Waals surface area contributed by atoms with Crippen LogP contribution < -0.4 is 5.32 Å². The average Bonchev–Trinajstić information content (AvgIpc) is 3.05. The van der Waals surface area contributed by atoms with Crippen molar-refractivity contribution < 1.29 is 0 Å². The molecule has 1 aromatic carbocycles. The first kappa shape index (κ1) is 13.2. The summed E-state index contributed by atoms with van der Waals surface area (Å²) in [4.78, 5) is 0. The van der Waals surface area contributed by atoms with E-state index in [0.29, 0.717) is 0 Å². The van der Waals surface area contributed by atoms with Gasteiger partial charge in [-0.15, -0.1) is 0 Å². The van der Waals surface area contributed by atoms with Crippen molar-refractivity contribution in [3.05, 3.63) is 114 Å². The number of allylic oxidation sites excluding steroid dienone is 12. The molecule has 1 aliphatic heterocycles. The van der Waals surface area contributed by atoms with Crippen LogP contribution in [-0.4, -0.2) is 0 Å². The first-order valence-corrected chi connectivity index (χ1v) is 7.06. The largest absolute Gasteiger partial charge is 0.361 e. The maximum Gasteiger partial charge on any atom is 0.0453 e. The lowest BCUT2D eigenvalue weighted by atomic mass is 10.1. The standard InChI is InChI=1S/C12H11N.C8H6/c1-3-7-11(8-4-1)12-9-5-2-6-10-13-12;1-3-7-5-2-6-8(7)4-1/h1-10,13H;1-6H. The molecule has 1 N–H and O–H groups in total. The predicted molar refractivity (Wildman–Crippen MR) is 90.3 cm³/mol. The monoisotopic (exact) mass is 271 g/mol. The third kappa shape index (κ3) is 3.40. The first-order chi connectivity index (χ1) is 10.4. The highest BCUT2D eigenvalue weighted by Crippen LogP contribution is 2.23. The van der Waals surface area contributed by atoms with Crippen molar-refractivity contribution in [2.75, 3.05) is 0 Å². The van der Waals surface area contributed by atoms with E-state index < -0.39 is 0 Å². The molecular weight excluding hydrogens is 254 g/mol. The van der Waals surface area contributed by atoms with Gasteiger partial charge in [-0.1, -0.05) is 78.9 Å². The van der Waals surface area contributed by atoms with E-state index in [4.69, 9.17) is 0 Å². The van der Waals surface area contributed by atoms with E-state index in [2.05, 4.69) is 60.0 Å². The van der Waals surface area contributed by atoms with Gasteiger partial charge in [-0.2, -0.15) is 0 Å². The van der Waals surface area contributed by atoms with Gasteiger partial charge in [0, 0.05) is 11.9 Å². The van der Waals surface area contributed by atoms with Gasteiger partial charge in [-0.3, -0.25) is 0 Å². The SMILES string of the molecule is C1=CC2=CC=CC2=C1.C1=CC=C(c2ccccc2)NC=C1. The fraction of sp³-hybridized carbons (Fsp3) is 0. The van der Waals surface area contributed by atoms with Gasteiger partial charge in [0.05, 0.1) is 0 Å². The van der Waals surface area contributed by atoms with Crippen molar-refractivity contribution in [1.29, 1.82) is 0 Å². The van der Waals surface area contributed by atoms with Crippen LogP contribution in [0.2, 0.25) is 0 Å². The summed E-state index contributed by atoms with van der Waals surface area (Å²) in [6, 6.07) is 10.3. The number of rotatable bonds is 1. The van der Waals surface area contributed by atoms with Crippen LogP contribution in [0.4, 0.5) is 0 Å². The summed E-state index contributed by atoms with van der Waals surface area (Å²) in [6.07, 6.45) is 22.6. The van der Waals surface area contributed by atoms with Crippen LogP contribution in [0, 0.1) is 0 Å². The molecule has 3 aliphatic rings. The normalized spacial score (nSPS) is 17.0. The predicted octanol–water partition coefficient (Wildman–Crippen LogP) is 4.68. The van der Waals surface area contributed by atoms with Gasteiger partial charge in [0.2, 0.25) is 0 Å². The highest BCUT2D eigenvalue weighted by Gasteiger charge is 2.04. The van der Waals surface area contributed by atoms with E-state index in [0.717, 1.165) is 5.70 Å². The zero-order chi connectivity index (χ0) is 14.3. The van der Waals surface area contributed by atoms with Crippen LogP contribution in [0.25, 0.3) is 5.70 Å². The topological polar surface area (TPSA) is 12.0 Å². The Balaban J connectivity index is 0.000000140. The Morgan fingerprint density at radius 2 is 1.33 bits per heavy atom. The van der Waals surface area contributed by atoms with Crippen molar-refractivity contribution in [1.82, 2.24) is 5.32 Å². The van der Waals surface area contributed by atoms with Crippen LogP contribution >= 0.6 is 0 Å². The summed E-state index contributed by atoms with van der Waals surface area (Å²) in [6.45, 7) is 0. The molecule has 4 rings (SSSR count). The molecule has 0 fully saturated rings. The summed E-state index contributed by atoms with van der Waals surface area (Å²) in [5.74, 6) is 0. The van der Waals surface area contributed by atoms with Gasteiger partial charge < -0.3 is 5.32 Å².